The van der Waals surface area contributed by atoms with Crippen LogP contribution in [0.2, 0.25) is 0 Å². The summed E-state index contributed by atoms with van der Waals surface area (Å²) >= 11 is 3.49. The maximum atomic E-state index is 5.92. The molecule has 0 unspecified atom stereocenters. The quantitative estimate of drug-likeness (QED) is 0.306. The number of hydrogen-bond donors (Lipinski definition) is 0. The lowest BCUT2D eigenvalue weighted by molar-refractivity contribution is 0.304. The van der Waals surface area contributed by atoms with Crippen molar-refractivity contribution in [3.05, 3.63) is 54.6 Å². The van der Waals surface area contributed by atoms with E-state index in [0.29, 0.717) is 0 Å². The SMILES string of the molecule is BrCCCCCCCCOc1ccc(N2CCN(c3ccccc3)CC2)cc1. The zero-order chi connectivity index (χ0) is 19.4. The first kappa shape index (κ1) is 21.0. The third-order valence-corrected chi connectivity index (χ3v) is 5.96. The van der Waals surface area contributed by atoms with Gasteiger partial charge in [0.15, 0.2) is 0 Å². The Morgan fingerprint density at radius 1 is 0.643 bits per heavy atom. The number of anilines is 2. The molecule has 0 atom stereocenters. The van der Waals surface area contributed by atoms with E-state index >= 15 is 0 Å². The van der Waals surface area contributed by atoms with E-state index in [1.807, 2.05) is 0 Å². The van der Waals surface area contributed by atoms with E-state index in [1.165, 1.54) is 43.5 Å². The van der Waals surface area contributed by atoms with Gasteiger partial charge in [-0.05, 0) is 49.2 Å². The van der Waals surface area contributed by atoms with Crippen molar-refractivity contribution in [1.29, 1.82) is 0 Å². The van der Waals surface area contributed by atoms with Crippen LogP contribution in [0.4, 0.5) is 11.4 Å². The average Bonchev–Trinajstić information content (AvgIpc) is 2.77. The minimum atomic E-state index is 0.827. The summed E-state index contributed by atoms with van der Waals surface area (Å²) in [5.74, 6) is 0.992. The van der Waals surface area contributed by atoms with Gasteiger partial charge in [0, 0.05) is 42.9 Å². The molecule has 2 aromatic carbocycles. The lowest BCUT2D eigenvalue weighted by Crippen LogP contribution is -2.46. The van der Waals surface area contributed by atoms with Gasteiger partial charge in [-0.2, -0.15) is 0 Å². The van der Waals surface area contributed by atoms with Crippen molar-refractivity contribution in [1.82, 2.24) is 0 Å². The summed E-state index contributed by atoms with van der Waals surface area (Å²) in [4.78, 5) is 4.93. The monoisotopic (exact) mass is 444 g/mol. The van der Waals surface area contributed by atoms with Crippen molar-refractivity contribution in [2.75, 3.05) is 47.9 Å². The Balaban J connectivity index is 1.34. The second-order valence-corrected chi connectivity index (χ2v) is 8.26. The summed E-state index contributed by atoms with van der Waals surface area (Å²) in [7, 11) is 0. The second kappa shape index (κ2) is 12.0. The molecule has 0 spiro atoms. The van der Waals surface area contributed by atoms with Crippen molar-refractivity contribution < 1.29 is 4.74 Å². The molecule has 1 heterocycles. The summed E-state index contributed by atoms with van der Waals surface area (Å²) in [6.45, 7) is 5.08. The van der Waals surface area contributed by atoms with E-state index in [1.54, 1.807) is 0 Å². The molecule has 1 aliphatic rings. The standard InChI is InChI=1S/C24H33BrN2O/c25-16-8-3-1-2-4-9-21-28-24-14-12-23(13-15-24)27-19-17-26(18-20-27)22-10-6-5-7-11-22/h5-7,10-15H,1-4,8-9,16-21H2. The Labute approximate surface area is 178 Å². The highest BCUT2D eigenvalue weighted by Crippen LogP contribution is 2.23. The Morgan fingerprint density at radius 2 is 1.18 bits per heavy atom. The highest BCUT2D eigenvalue weighted by molar-refractivity contribution is 9.09. The molecule has 3 nitrogen and oxygen atoms in total. The van der Waals surface area contributed by atoms with Gasteiger partial charge in [0.2, 0.25) is 0 Å². The number of benzene rings is 2. The predicted octanol–water partition coefficient (Wildman–Crippen LogP) is 6.13. The predicted molar refractivity (Wildman–Crippen MR) is 124 cm³/mol. The minimum Gasteiger partial charge on any atom is -0.494 e. The van der Waals surface area contributed by atoms with Crippen LogP contribution in [-0.2, 0) is 0 Å². The lowest BCUT2D eigenvalue weighted by Gasteiger charge is -2.37. The largest absolute Gasteiger partial charge is 0.494 e. The summed E-state index contributed by atoms with van der Waals surface area (Å²) in [6, 6.07) is 19.4. The summed E-state index contributed by atoms with van der Waals surface area (Å²) in [5, 5.41) is 1.13. The number of hydrogen-bond acceptors (Lipinski definition) is 3. The Morgan fingerprint density at radius 3 is 1.79 bits per heavy atom. The number of ether oxygens (including phenoxy) is 1. The second-order valence-electron chi connectivity index (χ2n) is 7.46. The first-order valence-electron chi connectivity index (χ1n) is 10.7. The number of para-hydroxylation sites is 1. The first-order valence-corrected chi connectivity index (χ1v) is 11.8. The van der Waals surface area contributed by atoms with Gasteiger partial charge >= 0.3 is 0 Å². The van der Waals surface area contributed by atoms with E-state index in [-0.39, 0.29) is 0 Å². The molecule has 0 amide bonds. The van der Waals surface area contributed by atoms with Gasteiger partial charge in [0.05, 0.1) is 6.61 Å². The third kappa shape index (κ3) is 6.73. The summed E-state index contributed by atoms with van der Waals surface area (Å²) in [6.07, 6.45) is 7.73. The van der Waals surface area contributed by atoms with Crippen LogP contribution in [-0.4, -0.2) is 38.1 Å². The molecule has 2 aromatic rings. The maximum Gasteiger partial charge on any atom is 0.119 e. The van der Waals surface area contributed by atoms with Crippen molar-refractivity contribution in [3.63, 3.8) is 0 Å². The fourth-order valence-electron chi connectivity index (χ4n) is 3.71. The van der Waals surface area contributed by atoms with Crippen molar-refractivity contribution in [3.8, 4) is 5.75 Å². The molecule has 0 radical (unpaired) electrons. The van der Waals surface area contributed by atoms with Gasteiger partial charge in [-0.1, -0.05) is 59.8 Å². The molecule has 1 saturated heterocycles. The van der Waals surface area contributed by atoms with E-state index in [4.69, 9.17) is 4.74 Å². The topological polar surface area (TPSA) is 15.7 Å². The Kier molecular flexibility index (Phi) is 9.02. The molecule has 0 bridgehead atoms. The number of piperazine rings is 1. The molecular formula is C24H33BrN2O. The number of alkyl halides is 1. The van der Waals surface area contributed by atoms with Gasteiger partial charge in [0.25, 0.3) is 0 Å². The zero-order valence-electron chi connectivity index (χ0n) is 16.9. The van der Waals surface area contributed by atoms with E-state index in [0.717, 1.165) is 50.3 Å². The molecule has 0 N–H and O–H groups in total. The molecule has 4 heteroatoms. The highest BCUT2D eigenvalue weighted by Gasteiger charge is 2.17. The normalized spacial score (nSPS) is 14.3. The third-order valence-electron chi connectivity index (χ3n) is 5.40. The number of halogens is 1. The van der Waals surface area contributed by atoms with Crippen LogP contribution in [0.25, 0.3) is 0 Å². The van der Waals surface area contributed by atoms with Crippen LogP contribution in [0.3, 0.4) is 0 Å². The smallest absolute Gasteiger partial charge is 0.119 e. The minimum absolute atomic E-state index is 0.827. The molecule has 0 aromatic heterocycles. The van der Waals surface area contributed by atoms with Crippen molar-refractivity contribution >= 4 is 27.3 Å². The van der Waals surface area contributed by atoms with Crippen LogP contribution in [0.1, 0.15) is 38.5 Å². The zero-order valence-corrected chi connectivity index (χ0v) is 18.4. The first-order chi connectivity index (χ1) is 13.9. The molecular weight excluding hydrogens is 412 g/mol. The Bertz CT molecular complexity index is 654. The van der Waals surface area contributed by atoms with Crippen LogP contribution in [0.15, 0.2) is 54.6 Å². The Hall–Kier alpha value is -1.68. The van der Waals surface area contributed by atoms with E-state index in [2.05, 4.69) is 80.3 Å². The van der Waals surface area contributed by atoms with Crippen LogP contribution >= 0.6 is 15.9 Å². The van der Waals surface area contributed by atoms with Gasteiger partial charge in [0.1, 0.15) is 5.75 Å². The number of rotatable bonds is 11. The van der Waals surface area contributed by atoms with Crippen LogP contribution in [0.5, 0.6) is 5.75 Å². The van der Waals surface area contributed by atoms with E-state index in [9.17, 15) is 0 Å². The van der Waals surface area contributed by atoms with Gasteiger partial charge in [-0.15, -0.1) is 0 Å². The maximum absolute atomic E-state index is 5.92. The molecule has 3 rings (SSSR count). The summed E-state index contributed by atoms with van der Waals surface area (Å²) < 4.78 is 5.92. The highest BCUT2D eigenvalue weighted by atomic mass is 79.9. The lowest BCUT2D eigenvalue weighted by atomic mass is 10.1. The van der Waals surface area contributed by atoms with Crippen LogP contribution in [0, 0.1) is 0 Å². The molecule has 0 aliphatic carbocycles. The fraction of sp³-hybridized carbons (Fsp3) is 0.500. The molecule has 1 fully saturated rings. The number of unbranched alkanes of at least 4 members (excludes halogenated alkanes) is 5. The molecule has 152 valence electrons. The van der Waals surface area contributed by atoms with Crippen molar-refractivity contribution in [2.45, 2.75) is 38.5 Å². The summed E-state index contributed by atoms with van der Waals surface area (Å²) in [5.41, 5.74) is 2.63. The molecule has 0 saturated carbocycles. The molecule has 28 heavy (non-hydrogen) atoms. The van der Waals surface area contributed by atoms with Gasteiger partial charge in [-0.25, -0.2) is 0 Å². The van der Waals surface area contributed by atoms with Gasteiger partial charge < -0.3 is 14.5 Å². The molecule has 1 aliphatic heterocycles. The fourth-order valence-corrected chi connectivity index (χ4v) is 4.11. The number of nitrogens with zero attached hydrogens (tertiary/aromatic N) is 2. The van der Waals surface area contributed by atoms with Crippen molar-refractivity contribution in [2.24, 2.45) is 0 Å². The van der Waals surface area contributed by atoms with E-state index < -0.39 is 0 Å². The average molecular weight is 445 g/mol. The van der Waals surface area contributed by atoms with Gasteiger partial charge in [-0.3, -0.25) is 0 Å². The van der Waals surface area contributed by atoms with Crippen LogP contribution < -0.4 is 14.5 Å².